The third kappa shape index (κ3) is 9.43. The van der Waals surface area contributed by atoms with Crippen molar-refractivity contribution in [2.24, 2.45) is 0 Å². The zero-order valence-electron chi connectivity index (χ0n) is 13.2. The Morgan fingerprint density at radius 3 is 1.42 bits per heavy atom. The molecule has 14 heteroatoms. The zero-order chi connectivity index (χ0) is 20.3. The maximum Gasteiger partial charge on any atom is 4.00 e. The topological polar surface area (TPSA) is 72.4 Å². The van der Waals surface area contributed by atoms with Gasteiger partial charge in [-0.25, -0.2) is 17.6 Å². The fourth-order valence-electron chi connectivity index (χ4n) is 1.33. The first kappa shape index (κ1) is 30.9. The summed E-state index contributed by atoms with van der Waals surface area (Å²) in [5.41, 5.74) is 0. The number of halogens is 9. The summed E-state index contributed by atoms with van der Waals surface area (Å²) in [6.07, 6.45) is -6.57. The fraction of sp³-hybridized carbons (Fsp3) is 0.917. The number of hydrogen-bond acceptors (Lipinski definition) is 4. The molecule has 0 N–H and O–H groups in total. The van der Waals surface area contributed by atoms with Gasteiger partial charge < -0.3 is 42.8 Å². The third-order valence-electron chi connectivity index (χ3n) is 2.71. The first-order chi connectivity index (χ1) is 11.4. The Morgan fingerprint density at radius 2 is 1.19 bits per heavy atom. The molecule has 0 heterocycles. The van der Waals surface area contributed by atoms with Crippen LogP contribution in [0.3, 0.4) is 0 Å². The molecule has 4 nitrogen and oxygen atoms in total. The van der Waals surface area contributed by atoms with E-state index in [9.17, 15) is 50.4 Å². The normalized spacial score (nSPS) is 12.7. The van der Waals surface area contributed by atoms with E-state index in [4.69, 9.17) is 0 Å². The molecule has 0 aliphatic heterocycles. The van der Waals surface area contributed by atoms with E-state index >= 15 is 0 Å². The summed E-state index contributed by atoms with van der Waals surface area (Å²) < 4.78 is 97.5. The molecule has 26 heavy (non-hydrogen) atoms. The molecule has 0 aromatic carbocycles. The monoisotopic (exact) mass is 529 g/mol. The van der Waals surface area contributed by atoms with Crippen LogP contribution in [0.15, 0.2) is 0 Å². The number of rotatable bonds is 11. The fourth-order valence-corrected chi connectivity index (χ4v) is 1.88. The van der Waals surface area contributed by atoms with Gasteiger partial charge in [0, 0.05) is 0 Å². The Morgan fingerprint density at radius 1 is 0.846 bits per heavy atom. The van der Waals surface area contributed by atoms with Gasteiger partial charge in [0.05, 0.1) is 0 Å². The minimum atomic E-state index is -6.09. The molecule has 0 aliphatic carbocycles. The predicted molar refractivity (Wildman–Crippen MR) is 80.6 cm³/mol. The van der Waals surface area contributed by atoms with Crippen LogP contribution >= 0.6 is 22.6 Å². The Hall–Kier alpha value is 0.227. The van der Waals surface area contributed by atoms with Crippen LogP contribution < -0.4 is 15.3 Å². The van der Waals surface area contributed by atoms with E-state index in [0.717, 1.165) is 22.6 Å². The minimum Gasteiger partial charge on any atom is -0.854 e. The molecular formula is C12H16F8INO3Si. The van der Waals surface area contributed by atoms with Crippen LogP contribution in [0.1, 0.15) is 6.42 Å². The van der Waals surface area contributed by atoms with Gasteiger partial charge in [-0.3, -0.25) is 4.43 Å². The summed E-state index contributed by atoms with van der Waals surface area (Å²) in [5, 5.41) is 30.1. The molecule has 0 aliphatic rings. The first-order valence-corrected chi connectivity index (χ1v) is 7.90. The van der Waals surface area contributed by atoms with Crippen molar-refractivity contribution in [1.82, 2.24) is 4.90 Å². The van der Waals surface area contributed by atoms with E-state index in [1.54, 1.807) is 4.90 Å². The third-order valence-corrected chi connectivity index (χ3v) is 3.15. The van der Waals surface area contributed by atoms with Crippen LogP contribution in [0, 0.1) is 4.43 Å². The van der Waals surface area contributed by atoms with Crippen molar-refractivity contribution >= 4 is 33.6 Å². The van der Waals surface area contributed by atoms with Crippen LogP contribution in [-0.4, -0.2) is 79.5 Å². The van der Waals surface area contributed by atoms with Crippen LogP contribution in [0.25, 0.3) is 0 Å². The van der Waals surface area contributed by atoms with E-state index in [-0.39, 0.29) is 30.8 Å². The Bertz CT molecular complexity index is 342. The Labute approximate surface area is 163 Å². The second-order valence-electron chi connectivity index (χ2n) is 4.51. The molecule has 154 valence electrons. The van der Waals surface area contributed by atoms with Crippen LogP contribution in [0.4, 0.5) is 35.1 Å². The van der Waals surface area contributed by atoms with Gasteiger partial charge in [-0.1, -0.05) is 6.42 Å². The Kier molecular flexibility index (Phi) is 17.0. The molecule has 0 spiro atoms. The zero-order valence-corrected chi connectivity index (χ0v) is 16.3. The summed E-state index contributed by atoms with van der Waals surface area (Å²) in [6, 6.07) is 0. The molecule has 0 fully saturated rings. The smallest absolute Gasteiger partial charge is 0.854 e. The molecule has 0 saturated heterocycles. The standard InChI is InChI=1S/C6H4F8I.C6H12NO3.Si/c7-3(8)5(11,12)6(13,14)4(9,10)1-2-15;8-4-1-7(2-5-9)3-6-10;/h2-3H,1H2;1-6H2;/q-1;-3;+4. The van der Waals surface area contributed by atoms with Crippen LogP contribution in [0.2, 0.25) is 0 Å². The average Bonchev–Trinajstić information content (AvgIpc) is 2.48. The number of nitrogens with zero attached hydrogens (tertiary/aromatic N) is 1. The molecule has 0 aromatic heterocycles. The maximum atomic E-state index is 12.5. The summed E-state index contributed by atoms with van der Waals surface area (Å²) in [6.45, 7) is 0.263. The van der Waals surface area contributed by atoms with E-state index in [0.29, 0.717) is 24.1 Å². The van der Waals surface area contributed by atoms with Crippen molar-refractivity contribution in [3.63, 3.8) is 0 Å². The van der Waals surface area contributed by atoms with Crippen molar-refractivity contribution in [2.75, 3.05) is 39.5 Å². The maximum absolute atomic E-state index is 12.5. The van der Waals surface area contributed by atoms with Gasteiger partial charge in [-0.2, -0.15) is 17.6 Å². The minimum absolute atomic E-state index is 0. The van der Waals surface area contributed by atoms with Gasteiger partial charge in [0.15, 0.2) is 0 Å². The molecule has 0 radical (unpaired) electrons. The predicted octanol–water partition coefficient (Wildman–Crippen LogP) is 0.133. The van der Waals surface area contributed by atoms with Crippen molar-refractivity contribution in [3.8, 4) is 0 Å². The SMILES string of the molecule is FC(F)C(F)(F)C(F)(F)C(F)(F)C[CH-]I.[O-]CCN(CC[O-])CC[O-].[Si+4]. The second kappa shape index (κ2) is 14.3. The van der Waals surface area contributed by atoms with Gasteiger partial charge in [-0.15, -0.1) is 19.8 Å². The van der Waals surface area contributed by atoms with Gasteiger partial charge >= 0.3 is 29.2 Å². The molecule has 0 atom stereocenters. The molecular weight excluding hydrogens is 513 g/mol. The second-order valence-corrected chi connectivity index (χ2v) is 5.40. The van der Waals surface area contributed by atoms with Gasteiger partial charge in [0.2, 0.25) is 0 Å². The number of alkyl halides is 8. The first-order valence-electron chi connectivity index (χ1n) is 6.65. The van der Waals surface area contributed by atoms with E-state index in [1.165, 1.54) is 0 Å². The molecule has 0 aromatic rings. The summed E-state index contributed by atoms with van der Waals surface area (Å²) in [4.78, 5) is 1.60. The average molecular weight is 529 g/mol. The van der Waals surface area contributed by atoms with E-state index < -0.39 is 30.6 Å². The van der Waals surface area contributed by atoms with Gasteiger partial charge in [0.25, 0.3) is 5.92 Å². The summed E-state index contributed by atoms with van der Waals surface area (Å²) in [5.74, 6) is -17.4. The molecule has 0 unspecified atom stereocenters. The largest absolute Gasteiger partial charge is 4.00 e. The van der Waals surface area contributed by atoms with Crippen molar-refractivity contribution in [1.29, 1.82) is 0 Å². The van der Waals surface area contributed by atoms with E-state index in [2.05, 4.69) is 0 Å². The van der Waals surface area contributed by atoms with Crippen molar-refractivity contribution < 1.29 is 50.4 Å². The summed E-state index contributed by atoms with van der Waals surface area (Å²) >= 11 is 1.13. The van der Waals surface area contributed by atoms with Gasteiger partial charge in [-0.05, 0) is 19.6 Å². The van der Waals surface area contributed by atoms with Crippen molar-refractivity contribution in [3.05, 3.63) is 4.43 Å². The number of hydrogen-bond donors (Lipinski definition) is 0. The Balaban J connectivity index is -0.000000422. The van der Waals surface area contributed by atoms with E-state index in [1.807, 2.05) is 0 Å². The van der Waals surface area contributed by atoms with Crippen LogP contribution in [0.5, 0.6) is 0 Å². The van der Waals surface area contributed by atoms with Crippen molar-refractivity contribution in [2.45, 2.75) is 30.6 Å². The molecule has 0 bridgehead atoms. The van der Waals surface area contributed by atoms with Crippen LogP contribution in [-0.2, 0) is 0 Å². The molecule has 0 rings (SSSR count). The summed E-state index contributed by atoms with van der Waals surface area (Å²) in [7, 11) is 0. The molecule has 0 amide bonds. The van der Waals surface area contributed by atoms with Gasteiger partial charge in [0.1, 0.15) is 0 Å². The molecule has 0 saturated carbocycles. The quantitative estimate of drug-likeness (QED) is 0.165.